The maximum absolute atomic E-state index is 12.9. The summed E-state index contributed by atoms with van der Waals surface area (Å²) in [7, 11) is -3.86. The van der Waals surface area contributed by atoms with Gasteiger partial charge < -0.3 is 13.8 Å². The Balaban J connectivity index is 1.60. The average molecular weight is 452 g/mol. The number of rotatable bonds is 2. The van der Waals surface area contributed by atoms with Crippen molar-refractivity contribution in [3.63, 3.8) is 0 Å². The van der Waals surface area contributed by atoms with Crippen molar-refractivity contribution in [1.29, 1.82) is 0 Å². The number of halogens is 3. The molecule has 0 aromatic rings. The van der Waals surface area contributed by atoms with Crippen LogP contribution in [0.2, 0.25) is 0 Å². The summed E-state index contributed by atoms with van der Waals surface area (Å²) in [6, 6.07) is 0.0637. The zero-order chi connectivity index (χ0) is 22.1. The predicted octanol–water partition coefficient (Wildman–Crippen LogP) is 3.45. The number of ether oxygens (including phenoxy) is 1. The summed E-state index contributed by atoms with van der Waals surface area (Å²) in [4.78, 5) is 14.1. The van der Waals surface area contributed by atoms with E-state index in [1.807, 2.05) is 14.0 Å². The van der Waals surface area contributed by atoms with E-state index in [1.165, 1.54) is 6.08 Å². The first-order valence-corrected chi connectivity index (χ1v) is 11.8. The lowest BCUT2D eigenvalue weighted by molar-refractivity contribution is -0.138. The van der Waals surface area contributed by atoms with Crippen LogP contribution >= 0.6 is 0 Å². The lowest BCUT2D eigenvalue weighted by Gasteiger charge is -2.58. The molecule has 170 valence electrons. The van der Waals surface area contributed by atoms with Crippen molar-refractivity contribution < 1.29 is 35.3 Å². The third-order valence-corrected chi connectivity index (χ3v) is 9.28. The molecule has 6 nitrogen and oxygen atoms in total. The van der Waals surface area contributed by atoms with Crippen LogP contribution in [0.5, 0.6) is 0 Å². The summed E-state index contributed by atoms with van der Waals surface area (Å²) in [6.07, 6.45) is 4.93. The molecule has 0 spiro atoms. The number of alkyl halides is 3. The average Bonchev–Trinajstić information content (AvgIpc) is 2.90. The van der Waals surface area contributed by atoms with Crippen molar-refractivity contribution in [3.05, 3.63) is 11.8 Å². The van der Waals surface area contributed by atoms with Crippen LogP contribution in [0.25, 0.3) is 0 Å². The van der Waals surface area contributed by atoms with Crippen LogP contribution in [0.4, 0.5) is 13.2 Å². The fraction of sp³-hybridized carbons (Fsp3) is 0.850. The summed E-state index contributed by atoms with van der Waals surface area (Å²) in [5, 5.41) is 0. The van der Waals surface area contributed by atoms with Crippen molar-refractivity contribution in [2.75, 3.05) is 20.3 Å². The fourth-order valence-electron chi connectivity index (χ4n) is 6.73. The topological polar surface area (TPSA) is 72.9 Å². The lowest BCUT2D eigenvalue weighted by Crippen LogP contribution is -2.59. The summed E-state index contributed by atoms with van der Waals surface area (Å²) in [5.74, 6) is 0.367. The maximum Gasteiger partial charge on any atom is 0.534 e. The summed E-state index contributed by atoms with van der Waals surface area (Å²) < 4.78 is 72.2. The van der Waals surface area contributed by atoms with Crippen molar-refractivity contribution in [2.45, 2.75) is 57.5 Å². The van der Waals surface area contributed by atoms with Gasteiger partial charge in [0.05, 0.1) is 6.61 Å². The Labute approximate surface area is 174 Å². The molecule has 0 aromatic carbocycles. The minimum Gasteiger partial charge on any atom is -0.380 e. The zero-order valence-electron chi connectivity index (χ0n) is 17.4. The molecule has 10 heteroatoms. The number of likely N-dealkylation sites (N-methyl/N-ethyl adjacent to an activating group) is 1. The van der Waals surface area contributed by atoms with Gasteiger partial charge in [-0.25, -0.2) is 0 Å². The molecule has 1 heterocycles. The Bertz CT molecular complexity index is 872. The van der Waals surface area contributed by atoms with Crippen LogP contribution in [0.1, 0.15) is 46.0 Å². The van der Waals surface area contributed by atoms with Gasteiger partial charge in [0.25, 0.3) is 0 Å². The van der Waals surface area contributed by atoms with E-state index in [9.17, 15) is 26.4 Å². The third-order valence-electron chi connectivity index (χ3n) is 8.31. The second kappa shape index (κ2) is 6.85. The molecule has 2 saturated carbocycles. The lowest BCUT2D eigenvalue weighted by atomic mass is 9.49. The SMILES string of the molecule is CN1C(=O)COC[C@@]2(C)C1CC[C@@H]1[C@@H]2CC[C@]2(C)C(OS(=O)(=O)C(F)(F)F)=CC[C@@H]12. The van der Waals surface area contributed by atoms with Gasteiger partial charge in [0, 0.05) is 23.9 Å². The molecule has 4 aliphatic rings. The first kappa shape index (κ1) is 21.9. The van der Waals surface area contributed by atoms with Crippen LogP contribution in [-0.2, 0) is 23.8 Å². The Hall–Kier alpha value is -1.29. The highest BCUT2D eigenvalue weighted by Gasteiger charge is 2.61. The molecule has 30 heavy (non-hydrogen) atoms. The fourth-order valence-corrected chi connectivity index (χ4v) is 7.32. The van der Waals surface area contributed by atoms with Gasteiger partial charge in [0.2, 0.25) is 5.91 Å². The minimum absolute atomic E-state index is 0.0109. The quantitative estimate of drug-likeness (QED) is 0.475. The van der Waals surface area contributed by atoms with Crippen molar-refractivity contribution in [2.24, 2.45) is 28.6 Å². The molecular weight excluding hydrogens is 423 g/mol. The van der Waals surface area contributed by atoms with Crippen LogP contribution in [0, 0.1) is 28.6 Å². The van der Waals surface area contributed by atoms with Gasteiger partial charge in [-0.2, -0.15) is 21.6 Å². The number of nitrogens with zero attached hydrogens (tertiary/aromatic N) is 1. The number of hydrogen-bond donors (Lipinski definition) is 0. The van der Waals surface area contributed by atoms with E-state index in [0.29, 0.717) is 19.4 Å². The van der Waals surface area contributed by atoms with Crippen molar-refractivity contribution in [1.82, 2.24) is 4.90 Å². The first-order valence-electron chi connectivity index (χ1n) is 10.4. The van der Waals surface area contributed by atoms with Gasteiger partial charge in [-0.05, 0) is 55.9 Å². The van der Waals surface area contributed by atoms with E-state index in [4.69, 9.17) is 4.74 Å². The molecule has 4 rings (SSSR count). The Morgan fingerprint density at radius 2 is 1.90 bits per heavy atom. The molecule has 3 fully saturated rings. The van der Waals surface area contributed by atoms with Crippen LogP contribution in [-0.4, -0.2) is 51.0 Å². The van der Waals surface area contributed by atoms with E-state index < -0.39 is 21.0 Å². The molecule has 0 radical (unpaired) electrons. The first-order chi connectivity index (χ1) is 13.8. The molecule has 6 atom stereocenters. The number of hydrogen-bond acceptors (Lipinski definition) is 5. The zero-order valence-corrected chi connectivity index (χ0v) is 18.2. The molecular formula is C20H28F3NO5S. The molecule has 1 amide bonds. The van der Waals surface area contributed by atoms with E-state index in [1.54, 1.807) is 4.90 Å². The highest BCUT2D eigenvalue weighted by molar-refractivity contribution is 7.87. The van der Waals surface area contributed by atoms with E-state index >= 15 is 0 Å². The molecule has 0 bridgehead atoms. The molecule has 1 aliphatic heterocycles. The van der Waals surface area contributed by atoms with Crippen LogP contribution in [0.15, 0.2) is 11.8 Å². The molecule has 1 unspecified atom stereocenters. The van der Waals surface area contributed by atoms with E-state index in [0.717, 1.165) is 19.3 Å². The number of carbonyl (C=O) groups excluding carboxylic acids is 1. The van der Waals surface area contributed by atoms with E-state index in [-0.39, 0.29) is 47.5 Å². The van der Waals surface area contributed by atoms with Crippen LogP contribution < -0.4 is 0 Å². The monoisotopic (exact) mass is 451 g/mol. The highest BCUT2D eigenvalue weighted by Crippen LogP contribution is 2.64. The second-order valence-corrected chi connectivity index (χ2v) is 11.3. The number of amides is 1. The van der Waals surface area contributed by atoms with Crippen molar-refractivity contribution in [3.8, 4) is 0 Å². The standard InChI is InChI=1S/C20H28F3NO5S/c1-18-9-8-14-12(4-6-15-19(14,2)11-28-10-17(25)24(15)3)13(18)5-7-16(18)29-30(26,27)20(21,22)23/h7,12-15H,4-6,8-11H2,1-3H3/t12-,13-,14-,15?,18-,19+/m0/s1. The molecule has 0 aromatic heterocycles. The minimum atomic E-state index is -5.68. The van der Waals surface area contributed by atoms with Crippen LogP contribution in [0.3, 0.4) is 0 Å². The van der Waals surface area contributed by atoms with Gasteiger partial charge in [-0.15, -0.1) is 0 Å². The van der Waals surface area contributed by atoms with Gasteiger partial charge in [-0.1, -0.05) is 13.8 Å². The van der Waals surface area contributed by atoms with Crippen molar-refractivity contribution >= 4 is 16.0 Å². The number of carbonyl (C=O) groups is 1. The number of allylic oxidation sites excluding steroid dienone is 2. The highest BCUT2D eigenvalue weighted by atomic mass is 32.2. The predicted molar refractivity (Wildman–Crippen MR) is 101 cm³/mol. The number of fused-ring (bicyclic) bond motifs is 5. The van der Waals surface area contributed by atoms with Gasteiger partial charge in [0.1, 0.15) is 12.4 Å². The Morgan fingerprint density at radius 1 is 1.20 bits per heavy atom. The molecule has 3 aliphatic carbocycles. The normalized spacial score (nSPS) is 42.0. The Morgan fingerprint density at radius 3 is 2.57 bits per heavy atom. The van der Waals surface area contributed by atoms with Gasteiger partial charge in [-0.3, -0.25) is 4.79 Å². The van der Waals surface area contributed by atoms with Gasteiger partial charge >= 0.3 is 15.6 Å². The largest absolute Gasteiger partial charge is 0.534 e. The summed E-state index contributed by atoms with van der Waals surface area (Å²) in [5.41, 5.74) is -6.43. The summed E-state index contributed by atoms with van der Waals surface area (Å²) >= 11 is 0. The van der Waals surface area contributed by atoms with Gasteiger partial charge in [0.15, 0.2) is 0 Å². The maximum atomic E-state index is 12.9. The third kappa shape index (κ3) is 3.08. The second-order valence-electron chi connectivity index (χ2n) is 9.72. The molecule has 1 saturated heterocycles. The summed E-state index contributed by atoms with van der Waals surface area (Å²) in [6.45, 7) is 4.51. The van der Waals surface area contributed by atoms with E-state index in [2.05, 4.69) is 11.1 Å². The Kier molecular flexibility index (Phi) is 5.01. The molecule has 0 N–H and O–H groups in total. The smallest absolute Gasteiger partial charge is 0.380 e.